The number of aromatic nitrogens is 1. The molecule has 0 aliphatic heterocycles. The van der Waals surface area contributed by atoms with E-state index in [2.05, 4.69) is 22.4 Å². The zero-order valence-electron chi connectivity index (χ0n) is 14.6. The van der Waals surface area contributed by atoms with Gasteiger partial charge in [-0.05, 0) is 73.2 Å². The molecule has 3 aromatic rings. The van der Waals surface area contributed by atoms with Crippen molar-refractivity contribution in [3.8, 4) is 5.75 Å². The molecule has 0 saturated heterocycles. The molecule has 3 rings (SSSR count). The highest BCUT2D eigenvalue weighted by atomic mass is 16.3. The summed E-state index contributed by atoms with van der Waals surface area (Å²) in [4.78, 5) is 16.3. The minimum Gasteiger partial charge on any atom is -0.506 e. The largest absolute Gasteiger partial charge is 0.506 e. The summed E-state index contributed by atoms with van der Waals surface area (Å²) in [6.07, 6.45) is 7.93. The third-order valence-corrected chi connectivity index (χ3v) is 4.30. The van der Waals surface area contributed by atoms with Crippen LogP contribution >= 0.6 is 0 Å². The molecule has 1 aromatic heterocycles. The van der Waals surface area contributed by atoms with E-state index in [0.717, 1.165) is 25.7 Å². The summed E-state index contributed by atoms with van der Waals surface area (Å²) in [5.41, 5.74) is 3.53. The maximum Gasteiger partial charge on any atom is 0.255 e. The smallest absolute Gasteiger partial charge is 0.255 e. The van der Waals surface area contributed by atoms with E-state index in [4.69, 9.17) is 0 Å². The number of para-hydroxylation sites is 2. The van der Waals surface area contributed by atoms with Crippen molar-refractivity contribution < 1.29 is 9.90 Å². The fraction of sp³-hybridized carbons (Fsp3) is 0.182. The van der Waals surface area contributed by atoms with E-state index in [1.165, 1.54) is 11.1 Å². The van der Waals surface area contributed by atoms with Crippen LogP contribution in [0.25, 0.3) is 0 Å². The van der Waals surface area contributed by atoms with Gasteiger partial charge in [-0.1, -0.05) is 24.3 Å². The molecule has 0 aliphatic carbocycles. The maximum atomic E-state index is 12.3. The van der Waals surface area contributed by atoms with Crippen LogP contribution in [0.5, 0.6) is 5.75 Å². The fourth-order valence-corrected chi connectivity index (χ4v) is 2.80. The van der Waals surface area contributed by atoms with Gasteiger partial charge in [0.1, 0.15) is 5.75 Å². The van der Waals surface area contributed by atoms with Gasteiger partial charge in [0.2, 0.25) is 0 Å². The van der Waals surface area contributed by atoms with Crippen molar-refractivity contribution in [2.24, 2.45) is 0 Å². The predicted octanol–water partition coefficient (Wildman–Crippen LogP) is 4.60. The molecule has 0 saturated carbocycles. The number of unbranched alkanes of at least 4 members (excludes halogenated alkanes) is 1. The Morgan fingerprint density at radius 3 is 2.12 bits per heavy atom. The molecule has 0 aliphatic rings. The number of amides is 1. The third kappa shape index (κ3) is 4.93. The van der Waals surface area contributed by atoms with Gasteiger partial charge in [0.05, 0.1) is 5.69 Å². The second kappa shape index (κ2) is 8.81. The van der Waals surface area contributed by atoms with E-state index in [1.807, 2.05) is 36.7 Å². The first-order valence-corrected chi connectivity index (χ1v) is 8.79. The minimum absolute atomic E-state index is 0.0617. The van der Waals surface area contributed by atoms with E-state index in [-0.39, 0.29) is 11.7 Å². The number of pyridine rings is 1. The van der Waals surface area contributed by atoms with Gasteiger partial charge in [-0.3, -0.25) is 9.78 Å². The lowest BCUT2D eigenvalue weighted by Crippen LogP contribution is -2.11. The number of benzene rings is 2. The summed E-state index contributed by atoms with van der Waals surface area (Å²) in [7, 11) is 0. The molecule has 4 nitrogen and oxygen atoms in total. The van der Waals surface area contributed by atoms with Crippen LogP contribution in [0, 0.1) is 0 Å². The van der Waals surface area contributed by atoms with Gasteiger partial charge in [-0.25, -0.2) is 0 Å². The molecule has 0 unspecified atom stereocenters. The van der Waals surface area contributed by atoms with Crippen molar-refractivity contribution in [3.05, 3.63) is 89.7 Å². The number of hydrogen-bond donors (Lipinski definition) is 2. The quantitative estimate of drug-likeness (QED) is 0.485. The number of aryl methyl sites for hydroxylation is 2. The molecule has 0 spiro atoms. The van der Waals surface area contributed by atoms with E-state index in [0.29, 0.717) is 11.3 Å². The first-order chi connectivity index (χ1) is 12.7. The summed E-state index contributed by atoms with van der Waals surface area (Å²) in [6.45, 7) is 0. The number of nitrogens with zero attached hydrogens (tertiary/aromatic N) is 1. The Balaban J connectivity index is 1.48. The van der Waals surface area contributed by atoms with Crippen LogP contribution in [0.15, 0.2) is 73.1 Å². The molecule has 132 valence electrons. The van der Waals surface area contributed by atoms with Crippen LogP contribution in [-0.2, 0) is 12.8 Å². The Morgan fingerprint density at radius 2 is 1.46 bits per heavy atom. The molecule has 2 N–H and O–H groups in total. The van der Waals surface area contributed by atoms with E-state index < -0.39 is 0 Å². The standard InChI is InChI=1S/C22H22N2O2/c25-21-8-4-3-7-20(21)24-22(26)19-11-9-17(10-12-19)5-1-2-6-18-13-15-23-16-14-18/h3-4,7-16,25H,1-2,5-6H2,(H,24,26). The van der Waals surface area contributed by atoms with Gasteiger partial charge < -0.3 is 10.4 Å². The molecule has 4 heteroatoms. The molecule has 0 atom stereocenters. The summed E-state index contributed by atoms with van der Waals surface area (Å²) in [5.74, 6) is -0.164. The normalized spacial score (nSPS) is 10.5. The lowest BCUT2D eigenvalue weighted by molar-refractivity contribution is 0.102. The number of carbonyl (C=O) groups excluding carboxylic acids is 1. The number of carbonyl (C=O) groups is 1. The molecule has 0 fully saturated rings. The minimum atomic E-state index is -0.226. The highest BCUT2D eigenvalue weighted by Gasteiger charge is 2.08. The lowest BCUT2D eigenvalue weighted by atomic mass is 10.0. The second-order valence-electron chi connectivity index (χ2n) is 6.23. The Labute approximate surface area is 153 Å². The van der Waals surface area contributed by atoms with Gasteiger partial charge in [0, 0.05) is 18.0 Å². The van der Waals surface area contributed by atoms with Crippen LogP contribution in [0.1, 0.15) is 34.3 Å². The van der Waals surface area contributed by atoms with Crippen LogP contribution in [0.3, 0.4) is 0 Å². The van der Waals surface area contributed by atoms with Crippen LogP contribution in [-0.4, -0.2) is 16.0 Å². The summed E-state index contributed by atoms with van der Waals surface area (Å²) >= 11 is 0. The summed E-state index contributed by atoms with van der Waals surface area (Å²) < 4.78 is 0. The van der Waals surface area contributed by atoms with Crippen LogP contribution in [0.4, 0.5) is 5.69 Å². The van der Waals surface area contributed by atoms with Gasteiger partial charge in [-0.15, -0.1) is 0 Å². The number of anilines is 1. The highest BCUT2D eigenvalue weighted by molar-refractivity contribution is 6.04. The average molecular weight is 346 g/mol. The Kier molecular flexibility index (Phi) is 5.99. The SMILES string of the molecule is O=C(Nc1ccccc1O)c1ccc(CCCCc2ccncc2)cc1. The maximum absolute atomic E-state index is 12.3. The molecule has 26 heavy (non-hydrogen) atoms. The molecule has 1 amide bonds. The van der Waals surface area contributed by atoms with Crippen LogP contribution < -0.4 is 5.32 Å². The Morgan fingerprint density at radius 1 is 0.846 bits per heavy atom. The first kappa shape index (κ1) is 17.7. The second-order valence-corrected chi connectivity index (χ2v) is 6.23. The molecule has 0 radical (unpaired) electrons. The van der Waals surface area contributed by atoms with Crippen molar-refractivity contribution in [1.82, 2.24) is 4.98 Å². The number of hydrogen-bond acceptors (Lipinski definition) is 3. The van der Waals surface area contributed by atoms with Crippen molar-refractivity contribution >= 4 is 11.6 Å². The summed E-state index contributed by atoms with van der Waals surface area (Å²) in [5, 5.41) is 12.5. The Bertz CT molecular complexity index is 846. The monoisotopic (exact) mass is 346 g/mol. The Hall–Kier alpha value is -3.14. The van der Waals surface area contributed by atoms with Crippen molar-refractivity contribution in [2.75, 3.05) is 5.32 Å². The third-order valence-electron chi connectivity index (χ3n) is 4.30. The number of nitrogens with one attached hydrogen (secondary N) is 1. The van der Waals surface area contributed by atoms with E-state index >= 15 is 0 Å². The average Bonchev–Trinajstić information content (AvgIpc) is 2.68. The van der Waals surface area contributed by atoms with Crippen molar-refractivity contribution in [3.63, 3.8) is 0 Å². The summed E-state index contributed by atoms with van der Waals surface area (Å²) in [6, 6.07) is 18.4. The number of phenolic OH excluding ortho intramolecular Hbond substituents is 1. The highest BCUT2D eigenvalue weighted by Crippen LogP contribution is 2.22. The molecule has 2 aromatic carbocycles. The van der Waals surface area contributed by atoms with Gasteiger partial charge in [0.15, 0.2) is 0 Å². The van der Waals surface area contributed by atoms with E-state index in [9.17, 15) is 9.90 Å². The fourth-order valence-electron chi connectivity index (χ4n) is 2.80. The first-order valence-electron chi connectivity index (χ1n) is 8.79. The zero-order valence-corrected chi connectivity index (χ0v) is 14.6. The van der Waals surface area contributed by atoms with Crippen molar-refractivity contribution in [2.45, 2.75) is 25.7 Å². The van der Waals surface area contributed by atoms with E-state index in [1.54, 1.807) is 24.3 Å². The van der Waals surface area contributed by atoms with Crippen molar-refractivity contribution in [1.29, 1.82) is 0 Å². The topological polar surface area (TPSA) is 62.2 Å². The molecular formula is C22H22N2O2. The molecular weight excluding hydrogens is 324 g/mol. The molecule has 0 bridgehead atoms. The molecule has 1 heterocycles. The number of rotatable bonds is 7. The number of aromatic hydroxyl groups is 1. The van der Waals surface area contributed by atoms with Gasteiger partial charge in [-0.2, -0.15) is 0 Å². The predicted molar refractivity (Wildman–Crippen MR) is 103 cm³/mol. The zero-order chi connectivity index (χ0) is 18.2. The lowest BCUT2D eigenvalue weighted by Gasteiger charge is -2.08. The number of phenols is 1. The van der Waals surface area contributed by atoms with Crippen LogP contribution in [0.2, 0.25) is 0 Å². The van der Waals surface area contributed by atoms with Gasteiger partial charge >= 0.3 is 0 Å². The van der Waals surface area contributed by atoms with Gasteiger partial charge in [0.25, 0.3) is 5.91 Å².